The first-order valence-electron chi connectivity index (χ1n) is 31.0. The summed E-state index contributed by atoms with van der Waals surface area (Å²) in [6.45, 7) is 15.4. The first-order valence-corrected chi connectivity index (χ1v) is 31.0. The van der Waals surface area contributed by atoms with Gasteiger partial charge in [0, 0.05) is 6.42 Å². The molecule has 0 bridgehead atoms. The average molecular weight is 1110 g/mol. The van der Waals surface area contributed by atoms with Crippen molar-refractivity contribution < 1.29 is 47.5 Å². The normalized spacial score (nSPS) is 18.4. The van der Waals surface area contributed by atoms with Crippen LogP contribution in [0, 0.1) is 10.8 Å². The van der Waals surface area contributed by atoms with Gasteiger partial charge in [0.05, 0.1) is 56.6 Å². The Bertz CT molecular complexity index is 2180. The molecule has 1 aliphatic rings. The molecule has 80 heavy (non-hydrogen) atoms. The van der Waals surface area contributed by atoms with Gasteiger partial charge in [0.15, 0.2) is 6.29 Å². The fourth-order valence-corrected chi connectivity index (χ4v) is 10.0. The number of carbonyl (C=O) groups is 2. The minimum Gasteiger partial charge on any atom is -0.462 e. The van der Waals surface area contributed by atoms with Crippen molar-refractivity contribution in [3.05, 3.63) is 144 Å². The van der Waals surface area contributed by atoms with E-state index in [4.69, 9.17) is 37.9 Å². The predicted molar refractivity (Wildman–Crippen MR) is 322 cm³/mol. The van der Waals surface area contributed by atoms with E-state index >= 15 is 0 Å². The molecule has 444 valence electrons. The van der Waals surface area contributed by atoms with Gasteiger partial charge >= 0.3 is 11.9 Å². The number of carbonyl (C=O) groups excluding carboxylic acids is 2. The molecule has 1 heterocycles. The molecule has 4 aromatic carbocycles. The number of rotatable bonds is 41. The summed E-state index contributed by atoms with van der Waals surface area (Å²) in [5, 5.41) is 0. The van der Waals surface area contributed by atoms with Crippen molar-refractivity contribution in [1.82, 2.24) is 0 Å². The maximum absolute atomic E-state index is 13.4. The molecule has 0 aromatic heterocycles. The third-order valence-corrected chi connectivity index (χ3v) is 15.0. The zero-order valence-corrected chi connectivity index (χ0v) is 50.5. The van der Waals surface area contributed by atoms with Crippen LogP contribution in [0.3, 0.4) is 0 Å². The van der Waals surface area contributed by atoms with E-state index in [1.165, 1.54) is 103 Å². The highest BCUT2D eigenvalue weighted by Crippen LogP contribution is 2.33. The quantitative estimate of drug-likeness (QED) is 0.0315. The van der Waals surface area contributed by atoms with Gasteiger partial charge in [-0.2, -0.15) is 0 Å². The van der Waals surface area contributed by atoms with Crippen molar-refractivity contribution in [3.63, 3.8) is 0 Å². The van der Waals surface area contributed by atoms with Gasteiger partial charge in [-0.3, -0.25) is 9.59 Å². The summed E-state index contributed by atoms with van der Waals surface area (Å²) in [6, 6.07) is 40.6. The summed E-state index contributed by atoms with van der Waals surface area (Å²) in [5.41, 5.74) is 3.10. The Kier molecular flexibility index (Phi) is 31.8. The highest BCUT2D eigenvalue weighted by atomic mass is 16.7. The highest BCUT2D eigenvalue weighted by molar-refractivity contribution is 5.76. The molecule has 1 fully saturated rings. The molecule has 0 saturated carbocycles. The minimum absolute atomic E-state index is 0.0139. The third-order valence-electron chi connectivity index (χ3n) is 15.0. The molecule has 4 aromatic rings. The summed E-state index contributed by atoms with van der Waals surface area (Å²) < 4.78 is 52.6. The minimum atomic E-state index is -0.835. The lowest BCUT2D eigenvalue weighted by Crippen LogP contribution is -2.61. The Morgan fingerprint density at radius 3 is 1.18 bits per heavy atom. The molecule has 0 N–H and O–H groups in total. The monoisotopic (exact) mass is 1100 g/mol. The smallest absolute Gasteiger partial charge is 0.311 e. The number of hydrogen-bond donors (Lipinski definition) is 0. The second-order valence-corrected chi connectivity index (χ2v) is 24.5. The predicted octanol–water partition coefficient (Wildman–Crippen LogP) is 17.2. The van der Waals surface area contributed by atoms with Gasteiger partial charge in [-0.05, 0) is 96.4 Å². The summed E-state index contributed by atoms with van der Waals surface area (Å²) in [7, 11) is 0. The van der Waals surface area contributed by atoms with Gasteiger partial charge in [-0.15, -0.1) is 0 Å². The van der Waals surface area contributed by atoms with Crippen LogP contribution in [0.2, 0.25) is 0 Å². The Morgan fingerprint density at radius 1 is 0.412 bits per heavy atom. The average Bonchev–Trinajstić information content (AvgIpc) is 3.53. The summed E-state index contributed by atoms with van der Waals surface area (Å²) >= 11 is 0. The molecular weight excluding hydrogens is 1000 g/mol. The number of benzene rings is 4. The van der Waals surface area contributed by atoms with Crippen LogP contribution in [0.4, 0.5) is 0 Å². The fraction of sp³-hybridized carbons (Fsp3) is 0.629. The largest absolute Gasteiger partial charge is 0.462 e. The maximum atomic E-state index is 13.4. The first-order chi connectivity index (χ1) is 38.8. The topological polar surface area (TPSA) is 108 Å². The highest BCUT2D eigenvalue weighted by Gasteiger charge is 2.49. The Morgan fingerprint density at radius 2 is 0.762 bits per heavy atom. The van der Waals surface area contributed by atoms with Crippen LogP contribution in [0.5, 0.6) is 0 Å². The van der Waals surface area contributed by atoms with Crippen LogP contribution in [0.1, 0.15) is 212 Å². The summed E-state index contributed by atoms with van der Waals surface area (Å²) in [5.74, 6) is -0.301. The Hall–Kier alpha value is -4.42. The lowest BCUT2D eigenvalue weighted by molar-refractivity contribution is -0.329. The zero-order chi connectivity index (χ0) is 57.1. The Labute approximate surface area is 484 Å². The van der Waals surface area contributed by atoms with Gasteiger partial charge < -0.3 is 37.9 Å². The van der Waals surface area contributed by atoms with E-state index in [0.29, 0.717) is 32.8 Å². The van der Waals surface area contributed by atoms with Crippen molar-refractivity contribution >= 4 is 11.9 Å². The van der Waals surface area contributed by atoms with Gasteiger partial charge in [0.25, 0.3) is 0 Å². The zero-order valence-electron chi connectivity index (χ0n) is 50.5. The van der Waals surface area contributed by atoms with E-state index in [2.05, 4.69) is 36.4 Å². The molecule has 0 spiro atoms. The van der Waals surface area contributed by atoms with Crippen LogP contribution in [-0.2, 0) is 73.9 Å². The molecule has 10 nitrogen and oxygen atoms in total. The van der Waals surface area contributed by atoms with Crippen LogP contribution in [0.25, 0.3) is 0 Å². The molecule has 1 saturated heterocycles. The Balaban J connectivity index is 1.07. The van der Waals surface area contributed by atoms with Gasteiger partial charge in [-0.1, -0.05) is 230 Å². The third kappa shape index (κ3) is 27.6. The van der Waals surface area contributed by atoms with E-state index in [0.717, 1.165) is 54.4 Å². The lowest BCUT2D eigenvalue weighted by Gasteiger charge is -2.46. The number of hydrogen-bond acceptors (Lipinski definition) is 10. The van der Waals surface area contributed by atoms with E-state index < -0.39 is 41.5 Å². The van der Waals surface area contributed by atoms with Gasteiger partial charge in [-0.25, -0.2) is 0 Å². The SMILES string of the molecule is C[C@H](CCCCCCCCCCCCCCCCCCCCC[C@H](CCO[C@H]1O[C@H](COCc2ccccc2)[C@@H](OCc2ccccc2)[C@H](OCc2ccccc2)[C@H]1OCc1ccccc1)OC(=O)C(C)(C)C)OC(=O)C(C)(C)C. The van der Waals surface area contributed by atoms with E-state index in [9.17, 15) is 9.59 Å². The molecule has 0 amide bonds. The van der Waals surface area contributed by atoms with Crippen molar-refractivity contribution in [1.29, 1.82) is 0 Å². The van der Waals surface area contributed by atoms with E-state index in [1.54, 1.807) is 0 Å². The first kappa shape index (κ1) is 66.4. The lowest BCUT2D eigenvalue weighted by atomic mass is 9.97. The second kappa shape index (κ2) is 38.4. The standard InChI is InChI=1S/C70H104O10/c1-56(78-67(71)69(2,3)4)39-29-23-21-19-17-15-13-11-9-8-10-12-14-16-18-20-22-24-38-48-61(79-68(72)70(5,6)7)49-50-74-66-65(77-54-60-46-36-28-37-47-60)64(76-53-59-44-34-27-35-45-59)63(75-52-58-42-32-26-33-43-58)62(80-66)55-73-51-57-40-30-25-31-41-57/h25-28,30-37,40-47,56,61-66H,8-24,29,38-39,48-55H2,1-7H3/t56-,61-,62-,63-,64+,65-,66+/m1/s1. The van der Waals surface area contributed by atoms with Crippen LogP contribution in [0.15, 0.2) is 121 Å². The molecule has 0 radical (unpaired) electrons. The van der Waals surface area contributed by atoms with E-state index in [-0.39, 0.29) is 37.4 Å². The van der Waals surface area contributed by atoms with Crippen LogP contribution < -0.4 is 0 Å². The van der Waals surface area contributed by atoms with Gasteiger partial charge in [0.1, 0.15) is 30.5 Å². The van der Waals surface area contributed by atoms with Crippen molar-refractivity contribution in [2.24, 2.45) is 10.8 Å². The molecule has 10 heteroatoms. The second-order valence-electron chi connectivity index (χ2n) is 24.5. The molecule has 1 aliphatic heterocycles. The molecule has 5 rings (SSSR count). The van der Waals surface area contributed by atoms with Crippen molar-refractivity contribution in [2.45, 2.75) is 259 Å². The molecular formula is C70H104O10. The van der Waals surface area contributed by atoms with E-state index in [1.807, 2.05) is 133 Å². The molecule has 0 aliphatic carbocycles. The van der Waals surface area contributed by atoms with Crippen LogP contribution >= 0.6 is 0 Å². The molecule has 0 unspecified atom stereocenters. The van der Waals surface area contributed by atoms with Crippen molar-refractivity contribution in [3.8, 4) is 0 Å². The summed E-state index contributed by atoms with van der Waals surface area (Å²) in [6.07, 6.45) is 23.0. The summed E-state index contributed by atoms with van der Waals surface area (Å²) in [4.78, 5) is 25.5. The van der Waals surface area contributed by atoms with Gasteiger partial charge in [0.2, 0.25) is 0 Å². The molecule has 7 atom stereocenters. The maximum Gasteiger partial charge on any atom is 0.311 e. The van der Waals surface area contributed by atoms with Crippen molar-refractivity contribution in [2.75, 3.05) is 13.2 Å². The van der Waals surface area contributed by atoms with Crippen LogP contribution in [-0.4, -0.2) is 68.1 Å². The number of ether oxygens (including phenoxy) is 8. The number of unbranched alkanes of at least 4 members (excludes halogenated alkanes) is 18. The fourth-order valence-electron chi connectivity index (χ4n) is 10.0. The number of esters is 2.